The van der Waals surface area contributed by atoms with Crippen LogP contribution in [0.15, 0.2) is 24.3 Å². The van der Waals surface area contributed by atoms with E-state index in [2.05, 4.69) is 32.4 Å². The lowest BCUT2D eigenvalue weighted by atomic mass is 9.34. The van der Waals surface area contributed by atoms with Crippen LogP contribution in [0.2, 0.25) is 13.6 Å². The molecular formula is C18H29BNO4-. The predicted octanol–water partition coefficient (Wildman–Crippen LogP) is 2.97. The lowest BCUT2D eigenvalue weighted by Gasteiger charge is -2.36. The maximum Gasteiger partial charge on any atom is 0.143 e. The fraction of sp³-hybridized carbons (Fsp3) is 0.667. The second kappa shape index (κ2) is 7.04. The second-order valence-corrected chi connectivity index (χ2v) is 7.80. The third-order valence-corrected chi connectivity index (χ3v) is 5.48. The molecule has 0 bridgehead atoms. The van der Waals surface area contributed by atoms with Gasteiger partial charge in [-0.25, -0.2) is 0 Å². The van der Waals surface area contributed by atoms with Crippen molar-refractivity contribution in [1.82, 2.24) is 4.90 Å². The monoisotopic (exact) mass is 334 g/mol. The topological polar surface area (TPSA) is 40.2 Å². The summed E-state index contributed by atoms with van der Waals surface area (Å²) in [6.07, 6.45) is -1.29. The van der Waals surface area contributed by atoms with Crippen LogP contribution in [0, 0.1) is 0 Å². The molecule has 134 valence electrons. The van der Waals surface area contributed by atoms with E-state index in [1.165, 1.54) is 0 Å². The van der Waals surface area contributed by atoms with Gasteiger partial charge in [-0.2, -0.15) is 13.6 Å². The van der Waals surface area contributed by atoms with Crippen LogP contribution in [0.25, 0.3) is 0 Å². The summed E-state index contributed by atoms with van der Waals surface area (Å²) in [6, 6.07) is 8.05. The third kappa shape index (κ3) is 3.94. The highest BCUT2D eigenvalue weighted by molar-refractivity contribution is 6.74. The van der Waals surface area contributed by atoms with Crippen LogP contribution in [0.1, 0.15) is 25.7 Å². The number of hydrogen-bond donors (Lipinski definition) is 0. The highest BCUT2D eigenvalue weighted by Gasteiger charge is 2.43. The molecule has 0 radical (unpaired) electrons. The van der Waals surface area contributed by atoms with Crippen molar-refractivity contribution >= 4 is 6.35 Å². The minimum atomic E-state index is -0.999. The molecule has 5 nitrogen and oxygen atoms in total. The van der Waals surface area contributed by atoms with Crippen LogP contribution in [-0.4, -0.2) is 56.2 Å². The molecule has 2 aliphatic heterocycles. The maximum absolute atomic E-state index is 6.13. The van der Waals surface area contributed by atoms with Crippen LogP contribution in [0.3, 0.4) is 0 Å². The van der Waals surface area contributed by atoms with Gasteiger partial charge < -0.3 is 18.9 Å². The van der Waals surface area contributed by atoms with E-state index < -0.39 is 6.35 Å². The van der Waals surface area contributed by atoms with Gasteiger partial charge in [-0.3, -0.25) is 4.90 Å². The van der Waals surface area contributed by atoms with E-state index in [1.54, 1.807) is 0 Å². The summed E-state index contributed by atoms with van der Waals surface area (Å²) in [7, 11) is 0. The molecule has 2 saturated heterocycles. The number of hydrogen-bond acceptors (Lipinski definition) is 5. The molecule has 0 aliphatic carbocycles. The first kappa shape index (κ1) is 17.7. The van der Waals surface area contributed by atoms with Gasteiger partial charge in [-0.15, -0.1) is 0 Å². The van der Waals surface area contributed by atoms with Crippen molar-refractivity contribution in [1.29, 1.82) is 0 Å². The lowest BCUT2D eigenvalue weighted by Crippen LogP contribution is -2.47. The zero-order chi connectivity index (χ0) is 17.2. The fourth-order valence-electron chi connectivity index (χ4n) is 2.93. The summed E-state index contributed by atoms with van der Waals surface area (Å²) in [5, 5.41) is 0. The zero-order valence-electron chi connectivity index (χ0n) is 15.3. The van der Waals surface area contributed by atoms with Crippen molar-refractivity contribution < 1.29 is 18.9 Å². The molecule has 2 fully saturated rings. The Morgan fingerprint density at radius 1 is 1.17 bits per heavy atom. The Bertz CT molecular complexity index is 524. The normalized spacial score (nSPS) is 26.4. The predicted molar refractivity (Wildman–Crippen MR) is 95.7 cm³/mol. The van der Waals surface area contributed by atoms with Crippen LogP contribution in [-0.2, 0) is 14.1 Å². The van der Waals surface area contributed by atoms with Gasteiger partial charge in [-0.1, -0.05) is 26.0 Å². The molecule has 24 heavy (non-hydrogen) atoms. The van der Waals surface area contributed by atoms with Gasteiger partial charge in [0.05, 0.1) is 13.2 Å². The summed E-state index contributed by atoms with van der Waals surface area (Å²) in [6.45, 7) is 13.7. The van der Waals surface area contributed by atoms with Crippen molar-refractivity contribution in [3.8, 4) is 5.75 Å². The van der Waals surface area contributed by atoms with Crippen molar-refractivity contribution in [2.75, 3.05) is 39.5 Å². The number of benzene rings is 1. The van der Waals surface area contributed by atoms with Gasteiger partial charge in [0.15, 0.2) is 0 Å². The summed E-state index contributed by atoms with van der Waals surface area (Å²) in [4.78, 5) is 2.37. The molecule has 2 aliphatic rings. The van der Waals surface area contributed by atoms with E-state index in [1.807, 2.05) is 24.3 Å². The van der Waals surface area contributed by atoms with Crippen LogP contribution >= 0.6 is 0 Å². The molecule has 3 rings (SSSR count). The van der Waals surface area contributed by atoms with Crippen LogP contribution in [0.5, 0.6) is 5.75 Å². The zero-order valence-corrected chi connectivity index (χ0v) is 15.3. The first-order chi connectivity index (χ1) is 11.4. The van der Waals surface area contributed by atoms with Crippen molar-refractivity contribution in [2.45, 2.75) is 39.3 Å². The summed E-state index contributed by atoms with van der Waals surface area (Å²) >= 11 is 0. The number of ether oxygens (including phenoxy) is 3. The van der Waals surface area contributed by atoms with Crippen LogP contribution in [0.4, 0.5) is 0 Å². The van der Waals surface area contributed by atoms with Gasteiger partial charge in [0.25, 0.3) is 0 Å². The molecule has 1 aromatic rings. The summed E-state index contributed by atoms with van der Waals surface area (Å²) in [5.41, 5.74) is 0.786. The average molecular weight is 334 g/mol. The Kier molecular flexibility index (Phi) is 5.20. The van der Waals surface area contributed by atoms with Crippen LogP contribution < -0.4 is 4.74 Å². The second-order valence-electron chi connectivity index (χ2n) is 7.80. The summed E-state index contributed by atoms with van der Waals surface area (Å²) < 4.78 is 23.4. The van der Waals surface area contributed by atoms with E-state index in [4.69, 9.17) is 18.9 Å². The van der Waals surface area contributed by atoms with Crippen molar-refractivity contribution in [2.24, 2.45) is 0 Å². The van der Waals surface area contributed by atoms with E-state index in [0.29, 0.717) is 6.61 Å². The van der Waals surface area contributed by atoms with Gasteiger partial charge in [0, 0.05) is 25.2 Å². The molecule has 6 heteroatoms. The first-order valence-electron chi connectivity index (χ1n) is 8.98. The highest BCUT2D eigenvalue weighted by atomic mass is 16.7. The number of morpholine rings is 1. The van der Waals surface area contributed by atoms with Gasteiger partial charge in [0.1, 0.15) is 25.0 Å². The number of rotatable bonds is 5. The molecular weight excluding hydrogens is 305 g/mol. The van der Waals surface area contributed by atoms with E-state index in [9.17, 15) is 0 Å². The molecule has 1 unspecified atom stereocenters. The lowest BCUT2D eigenvalue weighted by molar-refractivity contribution is -0.0789. The molecule has 0 spiro atoms. The minimum Gasteiger partial charge on any atom is -0.563 e. The highest BCUT2D eigenvalue weighted by Crippen LogP contribution is 2.42. The Balaban J connectivity index is 1.50. The third-order valence-electron chi connectivity index (χ3n) is 5.48. The molecule has 0 saturated carbocycles. The quantitative estimate of drug-likeness (QED) is 0.775. The molecule has 0 amide bonds. The maximum atomic E-state index is 6.13. The Morgan fingerprint density at radius 2 is 1.83 bits per heavy atom. The SMILES string of the molecule is C[B-]1(C)OC(c2ccc(OCCN3CCOCC3)cc2)OC1(C)C. The van der Waals surface area contributed by atoms with Gasteiger partial charge >= 0.3 is 0 Å². The van der Waals surface area contributed by atoms with E-state index in [0.717, 1.165) is 44.2 Å². The Hall–Kier alpha value is -1.08. The summed E-state index contributed by atoms with van der Waals surface area (Å²) in [5.74, 6) is 0.883. The molecule has 1 atom stereocenters. The molecule has 0 aromatic heterocycles. The minimum absolute atomic E-state index is 0.252. The molecule has 2 heterocycles. The standard InChI is InChI=1S/C18H29BNO4/c1-18(2)19(3,4)24-17(23-18)15-5-7-16(8-6-15)22-14-11-20-9-12-21-13-10-20/h5-8,17H,9-14H2,1-4H3/q-1. The van der Waals surface area contributed by atoms with E-state index >= 15 is 0 Å². The Labute approximate surface area is 145 Å². The average Bonchev–Trinajstić information content (AvgIpc) is 2.77. The first-order valence-corrected chi connectivity index (χ1v) is 8.98. The largest absolute Gasteiger partial charge is 0.563 e. The van der Waals surface area contributed by atoms with Crippen molar-refractivity contribution in [3.63, 3.8) is 0 Å². The smallest absolute Gasteiger partial charge is 0.143 e. The van der Waals surface area contributed by atoms with E-state index in [-0.39, 0.29) is 11.8 Å². The molecule has 0 N–H and O–H groups in total. The van der Waals surface area contributed by atoms with Gasteiger partial charge in [0.2, 0.25) is 0 Å². The fourth-order valence-corrected chi connectivity index (χ4v) is 2.93. The van der Waals surface area contributed by atoms with Gasteiger partial charge in [-0.05, 0) is 17.6 Å². The van der Waals surface area contributed by atoms with Crippen molar-refractivity contribution in [3.05, 3.63) is 29.8 Å². The molecule has 1 aromatic carbocycles. The number of nitrogens with zero attached hydrogens (tertiary/aromatic N) is 1. The Morgan fingerprint density at radius 3 is 2.42 bits per heavy atom.